The summed E-state index contributed by atoms with van der Waals surface area (Å²) in [4.78, 5) is 0. The molecule has 0 aliphatic carbocycles. The molecular weight excluding hydrogens is 769 g/mol. The van der Waals surface area contributed by atoms with Crippen molar-refractivity contribution in [3.63, 3.8) is 0 Å². The summed E-state index contributed by atoms with van der Waals surface area (Å²) in [6, 6.07) is 93.6. The minimum absolute atomic E-state index is 1.20. The normalized spacial score (nSPS) is 11.4. The summed E-state index contributed by atoms with van der Waals surface area (Å²) >= 11 is 0. The molecule has 12 aromatic rings. The molecule has 0 aromatic heterocycles. The number of rotatable bonds is 8. The van der Waals surface area contributed by atoms with Crippen LogP contribution < -0.4 is 0 Å². The van der Waals surface area contributed by atoms with Crippen LogP contribution in [0.2, 0.25) is 0 Å². The van der Waals surface area contributed by atoms with Gasteiger partial charge in [0.15, 0.2) is 0 Å². The first-order chi connectivity index (χ1) is 31.7. The fourth-order valence-electron chi connectivity index (χ4n) is 9.84. The number of benzene rings is 12. The summed E-state index contributed by atoms with van der Waals surface area (Å²) < 4.78 is 0. The zero-order valence-electron chi connectivity index (χ0n) is 35.2. The van der Waals surface area contributed by atoms with Gasteiger partial charge < -0.3 is 0 Å². The molecule has 12 rings (SSSR count). The molecular formula is C64H42. The van der Waals surface area contributed by atoms with Gasteiger partial charge in [-0.05, 0) is 133 Å². The van der Waals surface area contributed by atoms with Crippen LogP contribution in [0.3, 0.4) is 0 Å². The third kappa shape index (κ3) is 6.65. The lowest BCUT2D eigenvalue weighted by molar-refractivity contribution is 1.59. The van der Waals surface area contributed by atoms with E-state index in [0.717, 1.165) is 0 Å². The molecule has 0 nitrogen and oxygen atoms in total. The van der Waals surface area contributed by atoms with E-state index in [1.165, 1.54) is 121 Å². The van der Waals surface area contributed by atoms with Crippen LogP contribution in [0.5, 0.6) is 0 Å². The van der Waals surface area contributed by atoms with Crippen molar-refractivity contribution in [1.29, 1.82) is 0 Å². The summed E-state index contributed by atoms with van der Waals surface area (Å²) in [6.45, 7) is 0. The van der Waals surface area contributed by atoms with Crippen molar-refractivity contribution >= 4 is 32.3 Å². The van der Waals surface area contributed by atoms with E-state index in [1.54, 1.807) is 0 Å². The van der Waals surface area contributed by atoms with E-state index in [4.69, 9.17) is 0 Å². The van der Waals surface area contributed by atoms with E-state index in [-0.39, 0.29) is 0 Å². The molecule has 0 N–H and O–H groups in total. The molecule has 0 amide bonds. The fourth-order valence-corrected chi connectivity index (χ4v) is 9.84. The highest BCUT2D eigenvalue weighted by Gasteiger charge is 2.21. The predicted octanol–water partition coefficient (Wildman–Crippen LogP) is 17.9. The van der Waals surface area contributed by atoms with Gasteiger partial charge in [-0.1, -0.05) is 243 Å². The second kappa shape index (κ2) is 15.9. The lowest BCUT2D eigenvalue weighted by atomic mass is 9.81. The maximum absolute atomic E-state index is 2.43. The lowest BCUT2D eigenvalue weighted by Gasteiger charge is -2.22. The highest BCUT2D eigenvalue weighted by atomic mass is 14.2. The van der Waals surface area contributed by atoms with Gasteiger partial charge in [0.05, 0.1) is 0 Å². The molecule has 0 radical (unpaired) electrons. The summed E-state index contributed by atoms with van der Waals surface area (Å²) in [5.41, 5.74) is 19.5. The van der Waals surface area contributed by atoms with Crippen molar-refractivity contribution in [2.75, 3.05) is 0 Å². The molecule has 12 aromatic carbocycles. The molecule has 0 spiro atoms. The second-order valence-electron chi connectivity index (χ2n) is 16.8. The standard InChI is InChI=1S/C64H42/c1-5-13-43(14-6-1)47-21-29-51(30-22-47)59-41-60(52-31-23-48(24-32-52)44-15-7-2-8-16-44)56-39-40-58-62(54-35-27-50(28-36-54)46-19-11-4-12-20-46)42-61(57-38-37-55(59)63(56)64(57)58)53-33-25-49(26-34-53)45-17-9-3-10-18-45/h1-42H. The van der Waals surface area contributed by atoms with E-state index in [1.807, 2.05) is 0 Å². The Balaban J connectivity index is 1.12. The smallest absolute Gasteiger partial charge is 0.00139 e. The molecule has 0 heterocycles. The number of hydrogen-bond acceptors (Lipinski definition) is 0. The van der Waals surface area contributed by atoms with Crippen LogP contribution in [0.15, 0.2) is 255 Å². The monoisotopic (exact) mass is 810 g/mol. The van der Waals surface area contributed by atoms with Crippen LogP contribution in [0.25, 0.3) is 121 Å². The molecule has 0 fully saturated rings. The Morgan fingerprint density at radius 1 is 0.141 bits per heavy atom. The van der Waals surface area contributed by atoms with Gasteiger partial charge in [-0.15, -0.1) is 0 Å². The van der Waals surface area contributed by atoms with E-state index in [9.17, 15) is 0 Å². The van der Waals surface area contributed by atoms with Gasteiger partial charge in [0.25, 0.3) is 0 Å². The molecule has 0 bridgehead atoms. The van der Waals surface area contributed by atoms with Crippen LogP contribution in [0.4, 0.5) is 0 Å². The Bertz CT molecular complexity index is 3080. The molecule has 0 heteroatoms. The van der Waals surface area contributed by atoms with E-state index < -0.39 is 0 Å². The lowest BCUT2D eigenvalue weighted by Crippen LogP contribution is -1.94. The van der Waals surface area contributed by atoms with Gasteiger partial charge in [-0.3, -0.25) is 0 Å². The molecule has 0 saturated carbocycles. The zero-order chi connectivity index (χ0) is 42.4. The van der Waals surface area contributed by atoms with Crippen LogP contribution >= 0.6 is 0 Å². The molecule has 0 aliphatic rings. The van der Waals surface area contributed by atoms with Crippen molar-refractivity contribution < 1.29 is 0 Å². The van der Waals surface area contributed by atoms with Crippen molar-refractivity contribution in [2.45, 2.75) is 0 Å². The quantitative estimate of drug-likeness (QED) is 0.134. The minimum atomic E-state index is 1.20. The molecule has 298 valence electrons. The van der Waals surface area contributed by atoms with Crippen LogP contribution in [-0.4, -0.2) is 0 Å². The summed E-state index contributed by atoms with van der Waals surface area (Å²) in [5, 5.41) is 7.62. The Labute approximate surface area is 374 Å². The Morgan fingerprint density at radius 3 is 0.516 bits per heavy atom. The molecule has 0 atom stereocenters. The number of hydrogen-bond donors (Lipinski definition) is 0. The minimum Gasteiger partial charge on any atom is -0.0622 e. The van der Waals surface area contributed by atoms with Gasteiger partial charge >= 0.3 is 0 Å². The first-order valence-corrected chi connectivity index (χ1v) is 22.2. The topological polar surface area (TPSA) is 0 Å². The highest BCUT2D eigenvalue weighted by Crippen LogP contribution is 2.49. The summed E-state index contributed by atoms with van der Waals surface area (Å²) in [7, 11) is 0. The molecule has 64 heavy (non-hydrogen) atoms. The van der Waals surface area contributed by atoms with Crippen molar-refractivity contribution in [3.05, 3.63) is 255 Å². The van der Waals surface area contributed by atoms with Gasteiger partial charge in [-0.2, -0.15) is 0 Å². The fraction of sp³-hybridized carbons (Fsp3) is 0. The van der Waals surface area contributed by atoms with E-state index in [0.29, 0.717) is 0 Å². The van der Waals surface area contributed by atoms with Crippen LogP contribution in [0, 0.1) is 0 Å². The van der Waals surface area contributed by atoms with Gasteiger partial charge in [0.1, 0.15) is 0 Å². The second-order valence-corrected chi connectivity index (χ2v) is 16.8. The van der Waals surface area contributed by atoms with Gasteiger partial charge in [0.2, 0.25) is 0 Å². The Hall–Kier alpha value is -8.32. The maximum Gasteiger partial charge on any atom is -0.00139 e. The zero-order valence-corrected chi connectivity index (χ0v) is 35.2. The summed E-state index contributed by atoms with van der Waals surface area (Å²) in [5.74, 6) is 0. The third-order valence-corrected chi connectivity index (χ3v) is 13.1. The van der Waals surface area contributed by atoms with Crippen LogP contribution in [0.1, 0.15) is 0 Å². The van der Waals surface area contributed by atoms with Crippen molar-refractivity contribution in [1.82, 2.24) is 0 Å². The largest absolute Gasteiger partial charge is 0.0622 e. The average molecular weight is 811 g/mol. The van der Waals surface area contributed by atoms with Crippen molar-refractivity contribution in [2.24, 2.45) is 0 Å². The maximum atomic E-state index is 2.43. The highest BCUT2D eigenvalue weighted by molar-refractivity contribution is 6.32. The van der Waals surface area contributed by atoms with Crippen LogP contribution in [-0.2, 0) is 0 Å². The predicted molar refractivity (Wildman–Crippen MR) is 274 cm³/mol. The SMILES string of the molecule is c1ccc(-c2ccc(-c3cc(-c4ccc(-c5ccccc5)cc4)c4ccc5c(-c6ccc(-c7ccccc7)cc6)cc(-c6ccc(-c7ccccc7)cc6)c6ccc3c4c65)cc2)cc1. The van der Waals surface area contributed by atoms with Gasteiger partial charge in [0, 0.05) is 0 Å². The van der Waals surface area contributed by atoms with Crippen molar-refractivity contribution in [3.8, 4) is 89.0 Å². The third-order valence-electron chi connectivity index (χ3n) is 13.1. The first-order valence-electron chi connectivity index (χ1n) is 22.2. The van der Waals surface area contributed by atoms with E-state index >= 15 is 0 Å². The van der Waals surface area contributed by atoms with Gasteiger partial charge in [-0.25, -0.2) is 0 Å². The van der Waals surface area contributed by atoms with E-state index in [2.05, 4.69) is 255 Å². The first kappa shape index (κ1) is 37.4. The summed E-state index contributed by atoms with van der Waals surface area (Å²) in [6.07, 6.45) is 0. The molecule has 0 unspecified atom stereocenters. The average Bonchev–Trinajstić information content (AvgIpc) is 3.39. The Morgan fingerprint density at radius 2 is 0.312 bits per heavy atom. The molecule has 0 saturated heterocycles. The molecule has 0 aliphatic heterocycles. The Kier molecular flexibility index (Phi) is 9.28.